The Morgan fingerprint density at radius 3 is 2.10 bits per heavy atom. The van der Waals surface area contributed by atoms with E-state index in [1.807, 2.05) is 20.8 Å². The fraction of sp³-hybridized carbons (Fsp3) is 0.364. The first-order valence-corrected chi connectivity index (χ1v) is 10.1. The van der Waals surface area contributed by atoms with Crippen LogP contribution in [-0.2, 0) is 4.79 Å². The second-order valence-corrected chi connectivity index (χ2v) is 6.72. The number of benzene rings is 2. The molecular formula is C22H26ClNO6. The average Bonchev–Trinajstić information content (AvgIpc) is 2.69. The maximum atomic E-state index is 13.0. The standard InChI is InChI=1S/C22H26ClNO6/c1-4-28-18-11-15(12-19(29-5-2)21(18)30-6-3)22(27)24-17(13-20(25)26)14-8-7-9-16(23)10-14/h7-12,17H,4-6,13H2,1-3H3,(H,24,27)(H,25,26). The fourth-order valence-corrected chi connectivity index (χ4v) is 3.11. The number of carboxylic acid groups (broad SMARTS) is 1. The summed E-state index contributed by atoms with van der Waals surface area (Å²) in [7, 11) is 0. The molecule has 0 aromatic heterocycles. The fourth-order valence-electron chi connectivity index (χ4n) is 2.91. The molecule has 0 saturated carbocycles. The lowest BCUT2D eigenvalue weighted by Gasteiger charge is -2.20. The Morgan fingerprint density at radius 1 is 1.00 bits per heavy atom. The van der Waals surface area contributed by atoms with E-state index in [1.54, 1.807) is 36.4 Å². The van der Waals surface area contributed by atoms with Crippen LogP contribution in [0, 0.1) is 0 Å². The van der Waals surface area contributed by atoms with Gasteiger partial charge in [-0.2, -0.15) is 0 Å². The molecule has 0 aliphatic carbocycles. The normalized spacial score (nSPS) is 11.5. The van der Waals surface area contributed by atoms with Gasteiger partial charge in [-0.25, -0.2) is 0 Å². The number of rotatable bonds is 11. The molecule has 1 unspecified atom stereocenters. The summed E-state index contributed by atoms with van der Waals surface area (Å²) in [6.45, 7) is 6.64. The van der Waals surface area contributed by atoms with Gasteiger partial charge in [0.15, 0.2) is 11.5 Å². The van der Waals surface area contributed by atoms with Crippen LogP contribution in [0.3, 0.4) is 0 Å². The topological polar surface area (TPSA) is 94.1 Å². The first-order chi connectivity index (χ1) is 14.4. The maximum absolute atomic E-state index is 13.0. The third-order valence-corrected chi connectivity index (χ3v) is 4.34. The summed E-state index contributed by atoms with van der Waals surface area (Å²) in [6.07, 6.45) is -0.292. The van der Waals surface area contributed by atoms with E-state index < -0.39 is 17.9 Å². The molecule has 1 amide bonds. The molecule has 0 spiro atoms. The Kier molecular flexibility index (Phi) is 8.80. The molecule has 7 nitrogen and oxygen atoms in total. The van der Waals surface area contributed by atoms with Crippen LogP contribution < -0.4 is 19.5 Å². The van der Waals surface area contributed by atoms with Gasteiger partial charge in [-0.1, -0.05) is 23.7 Å². The largest absolute Gasteiger partial charge is 0.490 e. The summed E-state index contributed by atoms with van der Waals surface area (Å²) in [6, 6.07) is 9.09. The molecule has 0 aliphatic rings. The zero-order valence-corrected chi connectivity index (χ0v) is 18.0. The monoisotopic (exact) mass is 435 g/mol. The summed E-state index contributed by atoms with van der Waals surface area (Å²) < 4.78 is 16.9. The van der Waals surface area contributed by atoms with Crippen molar-refractivity contribution in [3.63, 3.8) is 0 Å². The zero-order valence-electron chi connectivity index (χ0n) is 17.2. The van der Waals surface area contributed by atoms with Gasteiger partial charge in [-0.05, 0) is 50.6 Å². The van der Waals surface area contributed by atoms with Gasteiger partial charge in [0.2, 0.25) is 5.75 Å². The minimum absolute atomic E-state index is 0.266. The van der Waals surface area contributed by atoms with Gasteiger partial charge >= 0.3 is 5.97 Å². The number of nitrogens with one attached hydrogen (secondary N) is 1. The number of carboxylic acids is 1. The Morgan fingerprint density at radius 2 is 1.60 bits per heavy atom. The summed E-state index contributed by atoms with van der Waals surface area (Å²) in [5.74, 6) is -0.321. The van der Waals surface area contributed by atoms with E-state index in [-0.39, 0.29) is 12.0 Å². The van der Waals surface area contributed by atoms with Crippen molar-refractivity contribution in [1.82, 2.24) is 5.32 Å². The van der Waals surface area contributed by atoms with E-state index in [0.717, 1.165) is 0 Å². The highest BCUT2D eigenvalue weighted by molar-refractivity contribution is 6.30. The molecular weight excluding hydrogens is 410 g/mol. The molecule has 8 heteroatoms. The number of ether oxygens (including phenoxy) is 3. The second kappa shape index (κ2) is 11.3. The van der Waals surface area contributed by atoms with Crippen molar-refractivity contribution in [3.05, 3.63) is 52.5 Å². The SMILES string of the molecule is CCOc1cc(C(=O)NC(CC(=O)O)c2cccc(Cl)c2)cc(OCC)c1OCC. The van der Waals surface area contributed by atoms with Gasteiger partial charge in [0.25, 0.3) is 5.91 Å². The highest BCUT2D eigenvalue weighted by Crippen LogP contribution is 2.39. The molecule has 0 heterocycles. The van der Waals surface area contributed by atoms with E-state index >= 15 is 0 Å². The third kappa shape index (κ3) is 6.29. The van der Waals surface area contributed by atoms with E-state index in [1.165, 1.54) is 0 Å². The number of hydrogen-bond donors (Lipinski definition) is 2. The van der Waals surface area contributed by atoms with Crippen molar-refractivity contribution < 1.29 is 28.9 Å². The van der Waals surface area contributed by atoms with Crippen LogP contribution in [0.4, 0.5) is 0 Å². The van der Waals surface area contributed by atoms with E-state index in [0.29, 0.717) is 47.7 Å². The summed E-state index contributed by atoms with van der Waals surface area (Å²) in [5, 5.41) is 12.5. The van der Waals surface area contributed by atoms with Crippen molar-refractivity contribution in [1.29, 1.82) is 0 Å². The van der Waals surface area contributed by atoms with Gasteiger partial charge < -0.3 is 24.6 Å². The maximum Gasteiger partial charge on any atom is 0.305 e. The van der Waals surface area contributed by atoms with Gasteiger partial charge in [-0.3, -0.25) is 9.59 Å². The van der Waals surface area contributed by atoms with Crippen LogP contribution in [0.1, 0.15) is 49.2 Å². The molecule has 0 saturated heterocycles. The van der Waals surface area contributed by atoms with Crippen LogP contribution in [0.15, 0.2) is 36.4 Å². The predicted molar refractivity (Wildman–Crippen MR) is 114 cm³/mol. The Hall–Kier alpha value is -2.93. The van der Waals surface area contributed by atoms with Gasteiger partial charge in [-0.15, -0.1) is 0 Å². The Balaban J connectivity index is 2.40. The smallest absolute Gasteiger partial charge is 0.305 e. The van der Waals surface area contributed by atoms with Crippen molar-refractivity contribution in [2.24, 2.45) is 0 Å². The molecule has 1 atom stereocenters. The first kappa shape index (κ1) is 23.3. The summed E-state index contributed by atoms with van der Waals surface area (Å²) in [5.41, 5.74) is 0.863. The number of amides is 1. The molecule has 2 N–H and O–H groups in total. The van der Waals surface area contributed by atoms with Gasteiger partial charge in [0.05, 0.1) is 32.3 Å². The van der Waals surface area contributed by atoms with Gasteiger partial charge in [0.1, 0.15) is 0 Å². The third-order valence-electron chi connectivity index (χ3n) is 4.11. The minimum atomic E-state index is -1.04. The molecule has 2 aromatic rings. The van der Waals surface area contributed by atoms with Crippen LogP contribution in [-0.4, -0.2) is 36.8 Å². The predicted octanol–water partition coefficient (Wildman–Crippen LogP) is 4.48. The lowest BCUT2D eigenvalue weighted by Crippen LogP contribution is -2.30. The van der Waals surface area contributed by atoms with Crippen molar-refractivity contribution in [2.45, 2.75) is 33.2 Å². The van der Waals surface area contributed by atoms with Crippen LogP contribution in [0.5, 0.6) is 17.2 Å². The zero-order chi connectivity index (χ0) is 22.1. The second-order valence-electron chi connectivity index (χ2n) is 6.28. The van der Waals surface area contributed by atoms with Crippen molar-refractivity contribution in [3.8, 4) is 17.2 Å². The first-order valence-electron chi connectivity index (χ1n) is 9.74. The summed E-state index contributed by atoms with van der Waals surface area (Å²) >= 11 is 6.03. The molecule has 0 aliphatic heterocycles. The Bertz CT molecular complexity index is 859. The van der Waals surface area contributed by atoms with Crippen LogP contribution >= 0.6 is 11.6 Å². The highest BCUT2D eigenvalue weighted by atomic mass is 35.5. The van der Waals surface area contributed by atoms with E-state index in [2.05, 4.69) is 5.32 Å². The van der Waals surface area contributed by atoms with Crippen LogP contribution in [0.2, 0.25) is 5.02 Å². The number of aliphatic carboxylic acids is 1. The number of carbonyl (C=O) groups is 2. The molecule has 2 aromatic carbocycles. The lowest BCUT2D eigenvalue weighted by molar-refractivity contribution is -0.137. The lowest BCUT2D eigenvalue weighted by atomic mass is 10.0. The van der Waals surface area contributed by atoms with Gasteiger partial charge in [0, 0.05) is 10.6 Å². The van der Waals surface area contributed by atoms with Crippen molar-refractivity contribution >= 4 is 23.5 Å². The molecule has 0 bridgehead atoms. The number of halogens is 1. The van der Waals surface area contributed by atoms with Crippen LogP contribution in [0.25, 0.3) is 0 Å². The highest BCUT2D eigenvalue weighted by Gasteiger charge is 2.22. The Labute approximate surface area is 180 Å². The molecule has 162 valence electrons. The van der Waals surface area contributed by atoms with E-state index in [4.69, 9.17) is 25.8 Å². The molecule has 0 radical (unpaired) electrons. The number of hydrogen-bond acceptors (Lipinski definition) is 5. The number of carbonyl (C=O) groups excluding carboxylic acids is 1. The molecule has 2 rings (SSSR count). The minimum Gasteiger partial charge on any atom is -0.490 e. The summed E-state index contributed by atoms with van der Waals surface area (Å²) in [4.78, 5) is 24.3. The average molecular weight is 436 g/mol. The van der Waals surface area contributed by atoms with E-state index in [9.17, 15) is 14.7 Å². The molecule has 0 fully saturated rings. The van der Waals surface area contributed by atoms with Crippen molar-refractivity contribution in [2.75, 3.05) is 19.8 Å². The molecule has 30 heavy (non-hydrogen) atoms. The quantitative estimate of drug-likeness (QED) is 0.540.